The number of esters is 1. The van der Waals surface area contributed by atoms with Gasteiger partial charge in [-0.05, 0) is 59.9 Å². The summed E-state index contributed by atoms with van der Waals surface area (Å²) < 4.78 is 63.1. The Kier molecular flexibility index (Phi) is 7.84. The number of ether oxygens (including phenoxy) is 1. The van der Waals surface area contributed by atoms with Gasteiger partial charge in [-0.1, -0.05) is 68.3 Å². The lowest BCUT2D eigenvalue weighted by Gasteiger charge is -2.11. The summed E-state index contributed by atoms with van der Waals surface area (Å²) in [7, 11) is 0. The van der Waals surface area contributed by atoms with Crippen molar-refractivity contribution in [3.63, 3.8) is 0 Å². The van der Waals surface area contributed by atoms with E-state index >= 15 is 0 Å². The molecule has 0 bridgehead atoms. The molecule has 2 nitrogen and oxygen atoms in total. The third-order valence-corrected chi connectivity index (χ3v) is 5.93. The quantitative estimate of drug-likeness (QED) is 0.107. The van der Waals surface area contributed by atoms with Crippen LogP contribution in [0.4, 0.5) is 17.6 Å². The first kappa shape index (κ1) is 25.2. The predicted octanol–water partition coefficient (Wildman–Crippen LogP) is 8.53. The minimum absolute atomic E-state index is 0.00424. The summed E-state index contributed by atoms with van der Waals surface area (Å²) in [6.45, 7) is 2.13. The van der Waals surface area contributed by atoms with E-state index in [1.807, 2.05) is 12.1 Å². The number of halogens is 4. The van der Waals surface area contributed by atoms with Crippen molar-refractivity contribution < 1.29 is 27.1 Å². The van der Waals surface area contributed by atoms with Crippen molar-refractivity contribution in [3.8, 4) is 28.0 Å². The molecule has 0 aliphatic carbocycles. The van der Waals surface area contributed by atoms with Crippen molar-refractivity contribution in [3.05, 3.63) is 113 Å². The molecule has 4 aromatic rings. The molecule has 36 heavy (non-hydrogen) atoms. The lowest BCUT2D eigenvalue weighted by atomic mass is 9.99. The van der Waals surface area contributed by atoms with Gasteiger partial charge in [0.1, 0.15) is 17.5 Å². The Morgan fingerprint density at radius 2 is 1.42 bits per heavy atom. The molecule has 0 saturated heterocycles. The molecule has 0 atom stereocenters. The molecule has 0 heterocycles. The molecule has 4 rings (SSSR count). The topological polar surface area (TPSA) is 26.3 Å². The van der Waals surface area contributed by atoms with Crippen LogP contribution in [0.5, 0.6) is 5.75 Å². The zero-order valence-electron chi connectivity index (χ0n) is 19.7. The minimum atomic E-state index is -1.25. The van der Waals surface area contributed by atoms with Crippen molar-refractivity contribution >= 4 is 5.97 Å². The Balaban J connectivity index is 1.52. The summed E-state index contributed by atoms with van der Waals surface area (Å²) in [5, 5.41) is 0. The number of hydrogen-bond acceptors (Lipinski definition) is 2. The SMILES string of the molecule is CCCCCc1ccc(-c2cc(F)c(C(=O)Oc3ccc(-c4ccccc4F)cc3F)cc2F)cc1. The monoisotopic (exact) mass is 492 g/mol. The summed E-state index contributed by atoms with van der Waals surface area (Å²) in [6.07, 6.45) is 4.21. The Morgan fingerprint density at radius 1 is 0.694 bits per heavy atom. The molecule has 6 heteroatoms. The fourth-order valence-corrected chi connectivity index (χ4v) is 3.96. The normalized spacial score (nSPS) is 10.9. The predicted molar refractivity (Wildman–Crippen MR) is 132 cm³/mol. The first-order valence-electron chi connectivity index (χ1n) is 11.7. The maximum Gasteiger partial charge on any atom is 0.346 e. The van der Waals surface area contributed by atoms with E-state index in [0.29, 0.717) is 5.56 Å². The molecule has 0 aliphatic heterocycles. The van der Waals surface area contributed by atoms with Crippen LogP contribution in [0.25, 0.3) is 22.3 Å². The minimum Gasteiger partial charge on any atom is -0.420 e. The standard InChI is InChI=1S/C30H24F4O2/c1-2-3-4-7-19-10-12-20(13-11-19)23-17-27(33)24(18-26(23)32)30(35)36-29-15-14-21(16-28(29)34)22-8-5-6-9-25(22)31/h5-6,8-18H,2-4,7H2,1H3. The largest absolute Gasteiger partial charge is 0.420 e. The van der Waals surface area contributed by atoms with Crippen LogP contribution >= 0.6 is 0 Å². The van der Waals surface area contributed by atoms with Crippen LogP contribution in [0.2, 0.25) is 0 Å². The smallest absolute Gasteiger partial charge is 0.346 e. The first-order valence-corrected chi connectivity index (χ1v) is 11.7. The van der Waals surface area contributed by atoms with Crippen LogP contribution in [0.3, 0.4) is 0 Å². The van der Waals surface area contributed by atoms with Crippen molar-refractivity contribution in [2.45, 2.75) is 32.6 Å². The van der Waals surface area contributed by atoms with Crippen LogP contribution in [0, 0.1) is 23.3 Å². The fraction of sp³-hybridized carbons (Fsp3) is 0.167. The molecular weight excluding hydrogens is 468 g/mol. The van der Waals surface area contributed by atoms with Crippen molar-refractivity contribution in [1.29, 1.82) is 0 Å². The van der Waals surface area contributed by atoms with Crippen LogP contribution in [-0.2, 0) is 6.42 Å². The van der Waals surface area contributed by atoms with E-state index in [9.17, 15) is 22.4 Å². The molecule has 0 spiro atoms. The molecule has 184 valence electrons. The molecule has 0 amide bonds. The Morgan fingerprint density at radius 3 is 2.11 bits per heavy atom. The van der Waals surface area contributed by atoms with E-state index in [1.54, 1.807) is 18.2 Å². The third kappa shape index (κ3) is 5.65. The molecule has 0 N–H and O–H groups in total. The van der Waals surface area contributed by atoms with Crippen LogP contribution in [0.1, 0.15) is 42.1 Å². The second-order valence-electron chi connectivity index (χ2n) is 8.48. The second-order valence-corrected chi connectivity index (χ2v) is 8.48. The molecule has 4 aromatic carbocycles. The van der Waals surface area contributed by atoms with E-state index in [1.165, 1.54) is 24.3 Å². The molecule has 0 saturated carbocycles. The zero-order valence-corrected chi connectivity index (χ0v) is 19.7. The van der Waals surface area contributed by atoms with E-state index in [0.717, 1.165) is 55.5 Å². The van der Waals surface area contributed by atoms with Gasteiger partial charge >= 0.3 is 5.97 Å². The molecule has 0 radical (unpaired) electrons. The molecule has 0 unspecified atom stereocenters. The van der Waals surface area contributed by atoms with E-state index < -0.39 is 40.6 Å². The maximum absolute atomic E-state index is 14.8. The van der Waals surface area contributed by atoms with Crippen LogP contribution < -0.4 is 4.74 Å². The number of rotatable bonds is 8. The van der Waals surface area contributed by atoms with Crippen LogP contribution in [-0.4, -0.2) is 5.97 Å². The summed E-state index contributed by atoms with van der Waals surface area (Å²) in [6, 6.07) is 18.2. The van der Waals surface area contributed by atoms with Gasteiger partial charge in [0.2, 0.25) is 0 Å². The van der Waals surface area contributed by atoms with Gasteiger partial charge in [0.25, 0.3) is 0 Å². The van der Waals surface area contributed by atoms with E-state index in [4.69, 9.17) is 4.74 Å². The second kappa shape index (κ2) is 11.2. The Hall–Kier alpha value is -3.93. The zero-order chi connectivity index (χ0) is 25.7. The number of hydrogen-bond donors (Lipinski definition) is 0. The Labute approximate surface area is 207 Å². The highest BCUT2D eigenvalue weighted by Gasteiger charge is 2.20. The molecule has 0 fully saturated rings. The van der Waals surface area contributed by atoms with Gasteiger partial charge in [-0.25, -0.2) is 22.4 Å². The van der Waals surface area contributed by atoms with Gasteiger partial charge in [0, 0.05) is 11.1 Å². The van der Waals surface area contributed by atoms with Gasteiger partial charge in [-0.3, -0.25) is 0 Å². The maximum atomic E-state index is 14.8. The summed E-state index contributed by atoms with van der Waals surface area (Å²) in [4.78, 5) is 12.5. The number of carbonyl (C=O) groups excluding carboxylic acids is 1. The Bertz CT molecular complexity index is 1380. The van der Waals surface area contributed by atoms with Crippen molar-refractivity contribution in [2.24, 2.45) is 0 Å². The fourth-order valence-electron chi connectivity index (χ4n) is 3.96. The number of unbranched alkanes of at least 4 members (excludes halogenated alkanes) is 2. The molecular formula is C30H24F4O2. The highest BCUT2D eigenvalue weighted by Crippen LogP contribution is 2.30. The summed E-state index contributed by atoms with van der Waals surface area (Å²) >= 11 is 0. The summed E-state index contributed by atoms with van der Waals surface area (Å²) in [5.74, 6) is -5.01. The first-order chi connectivity index (χ1) is 17.4. The van der Waals surface area contributed by atoms with Crippen molar-refractivity contribution in [2.75, 3.05) is 0 Å². The molecule has 0 aliphatic rings. The average Bonchev–Trinajstić information content (AvgIpc) is 2.87. The van der Waals surface area contributed by atoms with E-state index in [2.05, 4.69) is 6.92 Å². The summed E-state index contributed by atoms with van der Waals surface area (Å²) in [5.41, 5.74) is 1.33. The number of benzene rings is 4. The van der Waals surface area contributed by atoms with E-state index in [-0.39, 0.29) is 16.7 Å². The van der Waals surface area contributed by atoms with Gasteiger partial charge in [0.15, 0.2) is 11.6 Å². The third-order valence-electron chi connectivity index (χ3n) is 5.93. The van der Waals surface area contributed by atoms with Gasteiger partial charge in [0.05, 0.1) is 5.56 Å². The van der Waals surface area contributed by atoms with Gasteiger partial charge in [-0.2, -0.15) is 0 Å². The highest BCUT2D eigenvalue weighted by atomic mass is 19.1. The van der Waals surface area contributed by atoms with Gasteiger partial charge < -0.3 is 4.74 Å². The number of aryl methyl sites for hydroxylation is 1. The lowest BCUT2D eigenvalue weighted by Crippen LogP contribution is -2.12. The van der Waals surface area contributed by atoms with Crippen molar-refractivity contribution in [1.82, 2.24) is 0 Å². The average molecular weight is 493 g/mol. The van der Waals surface area contributed by atoms with Gasteiger partial charge in [-0.15, -0.1) is 0 Å². The van der Waals surface area contributed by atoms with Crippen LogP contribution in [0.15, 0.2) is 78.9 Å². The lowest BCUT2D eigenvalue weighted by molar-refractivity contribution is 0.0722. The number of carbonyl (C=O) groups is 1. The molecule has 0 aromatic heterocycles. The highest BCUT2D eigenvalue weighted by molar-refractivity contribution is 5.92.